The summed E-state index contributed by atoms with van der Waals surface area (Å²) in [6.07, 6.45) is 2.94. The summed E-state index contributed by atoms with van der Waals surface area (Å²) in [7, 11) is -4.28. The number of rotatable bonds is 6. The normalized spacial score (nSPS) is 11.5. The molecule has 164 valence electrons. The van der Waals surface area contributed by atoms with Gasteiger partial charge < -0.3 is 13.9 Å². The Balaban J connectivity index is 1.69. The van der Waals surface area contributed by atoms with Crippen molar-refractivity contribution >= 4 is 26.9 Å². The summed E-state index contributed by atoms with van der Waals surface area (Å²) in [5, 5.41) is 5.50. The first-order valence-electron chi connectivity index (χ1n) is 9.25. The van der Waals surface area contributed by atoms with Crippen LogP contribution in [-0.4, -0.2) is 18.4 Å². The molecule has 0 saturated carbocycles. The van der Waals surface area contributed by atoms with Gasteiger partial charge in [0.2, 0.25) is 0 Å². The molecule has 0 amide bonds. The van der Waals surface area contributed by atoms with E-state index >= 15 is 0 Å². The van der Waals surface area contributed by atoms with Gasteiger partial charge >= 0.3 is 11.6 Å². The maximum Gasteiger partial charge on any atom is 0.340 e. The van der Waals surface area contributed by atoms with Gasteiger partial charge in [-0.05, 0) is 36.2 Å². The Morgan fingerprint density at radius 1 is 1.16 bits per heavy atom. The highest BCUT2D eigenvalue weighted by Crippen LogP contribution is 2.30. The van der Waals surface area contributed by atoms with Gasteiger partial charge in [0.1, 0.15) is 17.1 Å². The largest absolute Gasteiger partial charge is 0.562 e. The number of aryl methyl sites for hydroxylation is 1. The number of fused-ring (bicyclic) bond motifs is 1. The number of aromatic nitrogens is 2. The van der Waals surface area contributed by atoms with Crippen LogP contribution in [0, 0.1) is 12.7 Å². The number of nitrogens with two attached hydrogens (primary N) is 1. The predicted octanol–water partition coefficient (Wildman–Crippen LogP) is 3.62. The molecule has 9 nitrogen and oxygen atoms in total. The van der Waals surface area contributed by atoms with E-state index in [0.29, 0.717) is 16.7 Å². The molecule has 2 N–H and O–H groups in total. The highest BCUT2D eigenvalue weighted by atomic mass is 32.2. The van der Waals surface area contributed by atoms with E-state index < -0.39 is 27.3 Å². The number of hydrogen-bond donors (Lipinski definition) is 1. The van der Waals surface area contributed by atoms with Gasteiger partial charge in [0.25, 0.3) is 0 Å². The van der Waals surface area contributed by atoms with Crippen LogP contribution in [0.3, 0.4) is 0 Å². The Bertz CT molecular complexity index is 1470. The molecule has 0 saturated heterocycles. The van der Waals surface area contributed by atoms with Crippen molar-refractivity contribution in [3.63, 3.8) is 0 Å². The maximum atomic E-state index is 14.8. The summed E-state index contributed by atoms with van der Waals surface area (Å²) in [6.45, 7) is 1.71. The fourth-order valence-corrected chi connectivity index (χ4v) is 3.60. The fraction of sp³-hybridized carbons (Fsp3) is 0.0952. The zero-order chi connectivity index (χ0) is 22.9. The summed E-state index contributed by atoms with van der Waals surface area (Å²) in [5.41, 5.74) is 0.0826. The monoisotopic (exact) mass is 455 g/mol. The molecule has 11 heteroatoms. The van der Waals surface area contributed by atoms with E-state index in [4.69, 9.17) is 14.3 Å². The SMILES string of the molecule is Cc1c(Cc2cccc([N-]S(N)(=O)=O)c2F)c(=O)oc2cc(Oc3ncccn3)ccc12. The Morgan fingerprint density at radius 2 is 1.91 bits per heavy atom. The number of benzene rings is 2. The second-order valence-corrected chi connectivity index (χ2v) is 8.03. The van der Waals surface area contributed by atoms with Crippen LogP contribution in [0.5, 0.6) is 11.8 Å². The van der Waals surface area contributed by atoms with Crippen molar-refractivity contribution in [2.75, 3.05) is 0 Å². The first kappa shape index (κ1) is 21.4. The summed E-state index contributed by atoms with van der Waals surface area (Å²) in [6, 6.07) is 10.7. The summed E-state index contributed by atoms with van der Waals surface area (Å²) in [5.74, 6) is -0.505. The van der Waals surface area contributed by atoms with E-state index in [1.54, 1.807) is 25.1 Å². The van der Waals surface area contributed by atoms with E-state index in [9.17, 15) is 17.6 Å². The molecule has 0 radical (unpaired) electrons. The summed E-state index contributed by atoms with van der Waals surface area (Å²) < 4.78 is 51.3. The van der Waals surface area contributed by atoms with Gasteiger partial charge in [0.05, 0.1) is 0 Å². The third kappa shape index (κ3) is 4.58. The van der Waals surface area contributed by atoms with Gasteiger partial charge in [0, 0.05) is 35.8 Å². The second-order valence-electron chi connectivity index (χ2n) is 6.82. The molecular weight excluding hydrogens is 439 g/mol. The third-order valence-electron chi connectivity index (χ3n) is 4.66. The lowest BCUT2D eigenvalue weighted by molar-refractivity contribution is 0.440. The van der Waals surface area contributed by atoms with Gasteiger partial charge in [-0.15, -0.1) is 0 Å². The highest BCUT2D eigenvalue weighted by Gasteiger charge is 2.15. The van der Waals surface area contributed by atoms with Crippen molar-refractivity contribution in [2.45, 2.75) is 13.3 Å². The standard InChI is InChI=1S/C21H16FN4O5S/c1-12-15-7-6-14(30-21-24-8-3-9-25-21)11-18(15)31-20(27)16(12)10-13-4-2-5-17(19(13)22)26-32(23,28)29/h2-9,11H,10H2,1H3,(H2,23,28,29)/q-1. The molecule has 0 aliphatic rings. The molecule has 0 bridgehead atoms. The van der Waals surface area contributed by atoms with Crippen molar-refractivity contribution in [1.29, 1.82) is 0 Å². The van der Waals surface area contributed by atoms with Gasteiger partial charge in [-0.1, -0.05) is 23.9 Å². The quantitative estimate of drug-likeness (QED) is 0.438. The molecule has 32 heavy (non-hydrogen) atoms. The van der Waals surface area contributed by atoms with Crippen molar-refractivity contribution in [3.05, 3.63) is 92.5 Å². The average molecular weight is 455 g/mol. The highest BCUT2D eigenvalue weighted by molar-refractivity contribution is 7.92. The Labute approximate surface area is 181 Å². The molecule has 0 spiro atoms. The Hall–Kier alpha value is -3.83. The van der Waals surface area contributed by atoms with Crippen LogP contribution >= 0.6 is 0 Å². The third-order valence-corrected chi connectivity index (χ3v) is 5.11. The lowest BCUT2D eigenvalue weighted by Gasteiger charge is -2.20. The van der Waals surface area contributed by atoms with E-state index in [1.807, 2.05) is 0 Å². The second kappa shape index (κ2) is 8.36. The predicted molar refractivity (Wildman–Crippen MR) is 115 cm³/mol. The van der Waals surface area contributed by atoms with Gasteiger partial charge in [0.15, 0.2) is 10.2 Å². The first-order valence-corrected chi connectivity index (χ1v) is 10.8. The number of ether oxygens (including phenoxy) is 1. The molecule has 4 aromatic rings. The van der Waals surface area contributed by atoms with Crippen LogP contribution in [0.25, 0.3) is 15.7 Å². The maximum absolute atomic E-state index is 14.8. The number of nitrogens with zero attached hydrogens (tertiary/aromatic N) is 3. The molecule has 4 rings (SSSR count). The average Bonchev–Trinajstić information content (AvgIpc) is 2.73. The molecule has 0 atom stereocenters. The van der Waals surface area contributed by atoms with E-state index in [2.05, 4.69) is 14.7 Å². The molecule has 0 aliphatic carbocycles. The van der Waals surface area contributed by atoms with Crippen LogP contribution in [0.1, 0.15) is 16.7 Å². The minimum absolute atomic E-state index is 0.0748. The van der Waals surface area contributed by atoms with Crippen LogP contribution in [0.15, 0.2) is 64.1 Å². The topological polar surface area (TPSA) is 139 Å². The zero-order valence-electron chi connectivity index (χ0n) is 16.6. The minimum Gasteiger partial charge on any atom is -0.562 e. The van der Waals surface area contributed by atoms with Crippen molar-refractivity contribution < 1.29 is 22.0 Å². The van der Waals surface area contributed by atoms with Crippen molar-refractivity contribution in [2.24, 2.45) is 5.14 Å². The van der Waals surface area contributed by atoms with E-state index in [1.165, 1.54) is 36.7 Å². The summed E-state index contributed by atoms with van der Waals surface area (Å²) in [4.78, 5) is 20.6. The minimum atomic E-state index is -4.28. The molecule has 2 heterocycles. The smallest absolute Gasteiger partial charge is 0.340 e. The van der Waals surface area contributed by atoms with Crippen molar-refractivity contribution in [1.82, 2.24) is 9.97 Å². The van der Waals surface area contributed by atoms with Gasteiger partial charge in [-0.3, -0.25) is 0 Å². The zero-order valence-corrected chi connectivity index (χ0v) is 17.5. The molecule has 2 aromatic carbocycles. The first-order chi connectivity index (χ1) is 15.2. The molecule has 0 aliphatic heterocycles. The Morgan fingerprint density at radius 3 is 2.62 bits per heavy atom. The van der Waals surface area contributed by atoms with Gasteiger partial charge in [-0.25, -0.2) is 32.7 Å². The van der Waals surface area contributed by atoms with Crippen LogP contribution < -0.4 is 15.5 Å². The van der Waals surface area contributed by atoms with E-state index in [0.717, 1.165) is 0 Å². The fourth-order valence-electron chi connectivity index (χ4n) is 3.19. The van der Waals surface area contributed by atoms with Crippen LogP contribution in [0.2, 0.25) is 0 Å². The van der Waals surface area contributed by atoms with Gasteiger partial charge in [-0.2, -0.15) is 0 Å². The molecule has 0 fully saturated rings. The molecule has 2 aromatic heterocycles. The van der Waals surface area contributed by atoms with Crippen LogP contribution in [-0.2, 0) is 16.6 Å². The summed E-state index contributed by atoms with van der Waals surface area (Å²) >= 11 is 0. The molecule has 0 unspecified atom stereocenters. The lowest BCUT2D eigenvalue weighted by atomic mass is 9.99. The Kier molecular flexibility index (Phi) is 5.59. The number of hydrogen-bond acceptors (Lipinski definition) is 7. The lowest BCUT2D eigenvalue weighted by Crippen LogP contribution is -2.12. The number of halogens is 1. The molecular formula is C21H16FN4O5S-. The van der Waals surface area contributed by atoms with Crippen LogP contribution in [0.4, 0.5) is 10.1 Å². The van der Waals surface area contributed by atoms with E-state index in [-0.39, 0.29) is 29.1 Å². The van der Waals surface area contributed by atoms with Crippen molar-refractivity contribution in [3.8, 4) is 11.8 Å².